The highest BCUT2D eigenvalue weighted by molar-refractivity contribution is 7.92. The zero-order valence-electron chi connectivity index (χ0n) is 11.7. The molecule has 1 N–H and O–H groups in total. The fraction of sp³-hybridized carbons (Fsp3) is 0.133. The molecule has 0 aromatic heterocycles. The van der Waals surface area contributed by atoms with Crippen molar-refractivity contribution in [2.75, 3.05) is 10.8 Å². The Bertz CT molecular complexity index is 790. The maximum atomic E-state index is 12.7. The zero-order valence-corrected chi connectivity index (χ0v) is 13.3. The maximum absolute atomic E-state index is 12.7. The van der Waals surface area contributed by atoms with Crippen LogP contribution in [0.25, 0.3) is 0 Å². The van der Waals surface area contributed by atoms with Crippen LogP contribution < -0.4 is 4.31 Å². The molecule has 0 unspecified atom stereocenters. The van der Waals surface area contributed by atoms with Crippen LogP contribution in [0.15, 0.2) is 53.4 Å². The molecule has 0 heterocycles. The van der Waals surface area contributed by atoms with E-state index in [9.17, 15) is 13.2 Å². The van der Waals surface area contributed by atoms with Gasteiger partial charge in [-0.3, -0.25) is 4.31 Å². The quantitative estimate of drug-likeness (QED) is 0.907. The summed E-state index contributed by atoms with van der Waals surface area (Å²) in [6.07, 6.45) is 0. The Morgan fingerprint density at radius 3 is 2.32 bits per heavy atom. The first kappa shape index (κ1) is 16.3. The Labute approximate surface area is 133 Å². The Hall–Kier alpha value is -2.05. The number of nitrogens with zero attached hydrogens (tertiary/aromatic N) is 1. The molecule has 7 heteroatoms. The van der Waals surface area contributed by atoms with Crippen molar-refractivity contribution < 1.29 is 18.3 Å². The second-order valence-electron chi connectivity index (χ2n) is 4.45. The van der Waals surface area contributed by atoms with Gasteiger partial charge in [0.1, 0.15) is 0 Å². The fourth-order valence-electron chi connectivity index (χ4n) is 2.04. The average molecular weight is 340 g/mol. The molecule has 0 aliphatic rings. The van der Waals surface area contributed by atoms with Crippen molar-refractivity contribution in [1.29, 1.82) is 0 Å². The van der Waals surface area contributed by atoms with Gasteiger partial charge < -0.3 is 5.11 Å². The van der Waals surface area contributed by atoms with Gasteiger partial charge in [0.25, 0.3) is 10.0 Å². The zero-order chi connectivity index (χ0) is 16.3. The van der Waals surface area contributed by atoms with Crippen molar-refractivity contribution in [2.24, 2.45) is 0 Å². The Kier molecular flexibility index (Phi) is 4.73. The van der Waals surface area contributed by atoms with Crippen LogP contribution in [0.5, 0.6) is 0 Å². The summed E-state index contributed by atoms with van der Waals surface area (Å²) in [6, 6.07) is 12.3. The molecule has 2 rings (SSSR count). The standard InChI is InChI=1S/C15H14ClNO4S/c1-2-17(11-6-4-3-5-7-11)22(20,21)12-8-9-13(15(18)19)14(16)10-12/h3-10H,2H2,1H3,(H,18,19). The van der Waals surface area contributed by atoms with E-state index in [0.29, 0.717) is 5.69 Å². The molecule has 0 aliphatic carbocycles. The summed E-state index contributed by atoms with van der Waals surface area (Å²) in [5, 5.41) is 8.84. The lowest BCUT2D eigenvalue weighted by Crippen LogP contribution is -2.30. The van der Waals surface area contributed by atoms with Crippen LogP contribution in [-0.4, -0.2) is 26.0 Å². The number of rotatable bonds is 5. The van der Waals surface area contributed by atoms with E-state index in [1.807, 2.05) is 0 Å². The number of halogens is 1. The molecule has 0 amide bonds. The van der Waals surface area contributed by atoms with Gasteiger partial charge in [0.2, 0.25) is 0 Å². The molecule has 116 valence electrons. The number of sulfonamides is 1. The first-order chi connectivity index (χ1) is 10.4. The maximum Gasteiger partial charge on any atom is 0.337 e. The number of hydrogen-bond donors (Lipinski definition) is 1. The van der Waals surface area contributed by atoms with Crippen LogP contribution in [0, 0.1) is 0 Å². The van der Waals surface area contributed by atoms with Gasteiger partial charge in [-0.1, -0.05) is 29.8 Å². The predicted octanol–water partition coefficient (Wildman–Crippen LogP) is 3.25. The van der Waals surface area contributed by atoms with Crippen molar-refractivity contribution in [1.82, 2.24) is 0 Å². The molecule has 22 heavy (non-hydrogen) atoms. The van der Waals surface area contributed by atoms with Crippen LogP contribution in [0.1, 0.15) is 17.3 Å². The molecule has 0 aliphatic heterocycles. The third kappa shape index (κ3) is 3.08. The number of carbonyl (C=O) groups is 1. The molecule has 0 spiro atoms. The number of hydrogen-bond acceptors (Lipinski definition) is 3. The number of carboxylic acid groups (broad SMARTS) is 1. The van der Waals surface area contributed by atoms with E-state index in [4.69, 9.17) is 16.7 Å². The number of benzene rings is 2. The minimum absolute atomic E-state index is 0.0480. The predicted molar refractivity (Wildman–Crippen MR) is 85.1 cm³/mol. The van der Waals surface area contributed by atoms with Crippen molar-refractivity contribution in [3.8, 4) is 0 Å². The molecular formula is C15H14ClNO4S. The second kappa shape index (κ2) is 6.37. The number of carboxylic acids is 1. The summed E-state index contributed by atoms with van der Waals surface area (Å²) in [6.45, 7) is 1.96. The van der Waals surface area contributed by atoms with E-state index >= 15 is 0 Å². The highest BCUT2D eigenvalue weighted by atomic mass is 35.5. The van der Waals surface area contributed by atoms with E-state index < -0.39 is 16.0 Å². The number of anilines is 1. The van der Waals surface area contributed by atoms with Gasteiger partial charge in [-0.05, 0) is 37.3 Å². The van der Waals surface area contributed by atoms with Crippen LogP contribution >= 0.6 is 11.6 Å². The minimum Gasteiger partial charge on any atom is -0.478 e. The number of aromatic carboxylic acids is 1. The summed E-state index contributed by atoms with van der Waals surface area (Å²) in [4.78, 5) is 10.9. The highest BCUT2D eigenvalue weighted by Gasteiger charge is 2.24. The lowest BCUT2D eigenvalue weighted by Gasteiger charge is -2.23. The van der Waals surface area contributed by atoms with E-state index in [2.05, 4.69) is 0 Å². The molecule has 0 bridgehead atoms. The lowest BCUT2D eigenvalue weighted by molar-refractivity contribution is 0.0697. The third-order valence-electron chi connectivity index (χ3n) is 3.09. The van der Waals surface area contributed by atoms with E-state index in [-0.39, 0.29) is 22.0 Å². The normalized spacial score (nSPS) is 11.2. The number of para-hydroxylation sites is 1. The fourth-order valence-corrected chi connectivity index (χ4v) is 3.87. The van der Waals surface area contributed by atoms with Crippen molar-refractivity contribution in [3.63, 3.8) is 0 Å². The summed E-state index contributed by atoms with van der Waals surface area (Å²) < 4.78 is 26.7. The van der Waals surface area contributed by atoms with Crippen molar-refractivity contribution in [2.45, 2.75) is 11.8 Å². The SMILES string of the molecule is CCN(c1ccccc1)S(=O)(=O)c1ccc(C(=O)O)c(Cl)c1. The summed E-state index contributed by atoms with van der Waals surface area (Å²) >= 11 is 5.86. The largest absolute Gasteiger partial charge is 0.478 e. The molecular weight excluding hydrogens is 326 g/mol. The molecule has 0 radical (unpaired) electrons. The first-order valence-electron chi connectivity index (χ1n) is 6.48. The summed E-state index contributed by atoms with van der Waals surface area (Å²) in [7, 11) is -3.81. The van der Waals surface area contributed by atoms with Gasteiger partial charge >= 0.3 is 5.97 Å². The Balaban J connectivity index is 2.50. The smallest absolute Gasteiger partial charge is 0.337 e. The Morgan fingerprint density at radius 1 is 1.18 bits per heavy atom. The van der Waals surface area contributed by atoms with Crippen molar-refractivity contribution in [3.05, 3.63) is 59.1 Å². The van der Waals surface area contributed by atoms with Gasteiger partial charge in [-0.15, -0.1) is 0 Å². The van der Waals surface area contributed by atoms with Crippen molar-refractivity contribution >= 4 is 33.3 Å². The van der Waals surface area contributed by atoms with E-state index in [0.717, 1.165) is 6.07 Å². The van der Waals surface area contributed by atoms with E-state index in [1.165, 1.54) is 16.4 Å². The average Bonchev–Trinajstić information content (AvgIpc) is 2.48. The second-order valence-corrected chi connectivity index (χ2v) is 6.72. The molecule has 2 aromatic rings. The molecule has 0 saturated carbocycles. The van der Waals surface area contributed by atoms with Gasteiger partial charge in [-0.25, -0.2) is 13.2 Å². The van der Waals surface area contributed by atoms with Crippen LogP contribution in [0.4, 0.5) is 5.69 Å². The molecule has 2 aromatic carbocycles. The molecule has 0 atom stereocenters. The van der Waals surface area contributed by atoms with E-state index in [1.54, 1.807) is 37.3 Å². The monoisotopic (exact) mass is 339 g/mol. The lowest BCUT2D eigenvalue weighted by atomic mass is 10.2. The van der Waals surface area contributed by atoms with Gasteiger partial charge in [0.15, 0.2) is 0 Å². The van der Waals surface area contributed by atoms with Crippen LogP contribution in [0.2, 0.25) is 5.02 Å². The van der Waals surface area contributed by atoms with Crippen LogP contribution in [0.3, 0.4) is 0 Å². The minimum atomic E-state index is -3.81. The topological polar surface area (TPSA) is 74.7 Å². The third-order valence-corrected chi connectivity index (χ3v) is 5.30. The molecule has 0 fully saturated rings. The molecule has 5 nitrogen and oxygen atoms in total. The highest BCUT2D eigenvalue weighted by Crippen LogP contribution is 2.26. The van der Waals surface area contributed by atoms with Gasteiger partial charge in [-0.2, -0.15) is 0 Å². The summed E-state index contributed by atoms with van der Waals surface area (Å²) in [5.41, 5.74) is 0.395. The van der Waals surface area contributed by atoms with Gasteiger partial charge in [0, 0.05) is 6.54 Å². The Morgan fingerprint density at radius 2 is 1.82 bits per heavy atom. The molecule has 0 saturated heterocycles. The van der Waals surface area contributed by atoms with Gasteiger partial charge in [0.05, 0.1) is 21.2 Å². The first-order valence-corrected chi connectivity index (χ1v) is 8.30. The summed E-state index contributed by atoms with van der Waals surface area (Å²) in [5.74, 6) is -1.20. The van der Waals surface area contributed by atoms with Crippen LogP contribution in [-0.2, 0) is 10.0 Å².